The molecule has 0 aromatic heterocycles. The summed E-state index contributed by atoms with van der Waals surface area (Å²) < 4.78 is 0. The third-order valence-electron chi connectivity index (χ3n) is 9.80. The smallest absolute Gasteiger partial charge is 0.0127 e. The van der Waals surface area contributed by atoms with E-state index in [9.17, 15) is 0 Å². The Morgan fingerprint density at radius 1 is 0.367 bits per heavy atom. The van der Waals surface area contributed by atoms with Crippen molar-refractivity contribution in [3.8, 4) is 0 Å². The molecular weight excluding hydrogens is 735 g/mol. The van der Waals surface area contributed by atoms with Crippen LogP contribution in [-0.4, -0.2) is 141 Å². The molecular formula is C53H127N7. The first-order valence-corrected chi connectivity index (χ1v) is 24.0. The van der Waals surface area contributed by atoms with E-state index in [2.05, 4.69) is 299 Å². The molecule has 60 heavy (non-hydrogen) atoms. The minimum atomic E-state index is 0.234. The van der Waals surface area contributed by atoms with Crippen molar-refractivity contribution >= 4 is 0 Å². The summed E-state index contributed by atoms with van der Waals surface area (Å²) in [5.74, 6) is 0. The molecule has 0 bridgehead atoms. The molecule has 0 aliphatic carbocycles. The fraction of sp³-hybridized carbons (Fsp3) is 1.00. The molecule has 0 aromatic carbocycles. The van der Waals surface area contributed by atoms with Crippen molar-refractivity contribution in [1.29, 1.82) is 0 Å². The maximum absolute atomic E-state index is 3.46. The zero-order valence-electron chi connectivity index (χ0n) is 49.8. The Morgan fingerprint density at radius 3 is 0.683 bits per heavy atom. The second kappa shape index (κ2) is 32.4. The third-order valence-corrected chi connectivity index (χ3v) is 9.80. The van der Waals surface area contributed by atoms with Crippen LogP contribution in [-0.2, 0) is 0 Å². The number of nitrogens with zero attached hydrogens (tertiary/aromatic N) is 5. The van der Waals surface area contributed by atoms with Gasteiger partial charge in [-0.25, -0.2) is 0 Å². The first-order chi connectivity index (χ1) is 25.8. The van der Waals surface area contributed by atoms with Crippen molar-refractivity contribution in [3.63, 3.8) is 0 Å². The van der Waals surface area contributed by atoms with E-state index in [0.717, 1.165) is 26.2 Å². The Bertz CT molecular complexity index is 900. The highest BCUT2D eigenvalue weighted by Crippen LogP contribution is 2.16. The lowest BCUT2D eigenvalue weighted by atomic mass is 10.0. The fourth-order valence-corrected chi connectivity index (χ4v) is 6.03. The summed E-state index contributed by atoms with van der Waals surface area (Å²) in [5.41, 5.74) is 2.40. The molecule has 0 aliphatic heterocycles. The maximum Gasteiger partial charge on any atom is 0.0127 e. The van der Waals surface area contributed by atoms with E-state index in [4.69, 9.17) is 0 Å². The summed E-state index contributed by atoms with van der Waals surface area (Å²) in [6, 6.07) is 1.89. The number of hydrogen-bond acceptors (Lipinski definition) is 7. The van der Waals surface area contributed by atoms with E-state index in [-0.39, 0.29) is 16.6 Å². The van der Waals surface area contributed by atoms with Crippen LogP contribution in [0.2, 0.25) is 0 Å². The maximum atomic E-state index is 3.46. The van der Waals surface area contributed by atoms with Gasteiger partial charge in [0.15, 0.2) is 0 Å². The van der Waals surface area contributed by atoms with Gasteiger partial charge in [0.05, 0.1) is 0 Å². The van der Waals surface area contributed by atoms with Crippen LogP contribution in [0.25, 0.3) is 0 Å². The predicted molar refractivity (Wildman–Crippen MR) is 285 cm³/mol. The van der Waals surface area contributed by atoms with E-state index in [1.165, 1.54) is 0 Å². The summed E-state index contributed by atoms with van der Waals surface area (Å²) >= 11 is 0. The minimum absolute atomic E-state index is 0.234. The van der Waals surface area contributed by atoms with Gasteiger partial charge in [0, 0.05) is 62.4 Å². The van der Waals surface area contributed by atoms with Crippen LogP contribution in [0.15, 0.2) is 0 Å². The molecule has 0 fully saturated rings. The Labute approximate surface area is 386 Å². The van der Waals surface area contributed by atoms with Gasteiger partial charge in [0.1, 0.15) is 0 Å². The zero-order valence-corrected chi connectivity index (χ0v) is 49.8. The molecule has 7 heteroatoms. The largest absolute Gasteiger partial charge is 0.310 e. The molecule has 0 radical (unpaired) electrons. The normalized spacial score (nSPS) is 13.1. The number of nitrogens with one attached hydrogen (secondary N) is 2. The van der Waals surface area contributed by atoms with Crippen molar-refractivity contribution in [2.45, 2.75) is 298 Å². The van der Waals surface area contributed by atoms with Gasteiger partial charge >= 0.3 is 0 Å². The number of hydrogen-bond donors (Lipinski definition) is 2. The van der Waals surface area contributed by atoms with E-state index >= 15 is 0 Å². The molecule has 7 nitrogen and oxygen atoms in total. The van der Waals surface area contributed by atoms with Gasteiger partial charge in [-0.2, -0.15) is 0 Å². The first-order valence-electron chi connectivity index (χ1n) is 24.0. The second-order valence-electron chi connectivity index (χ2n) is 25.7. The van der Waals surface area contributed by atoms with Crippen molar-refractivity contribution in [1.82, 2.24) is 35.1 Å². The summed E-state index contributed by atoms with van der Waals surface area (Å²) in [6.45, 7) is 79.6. The van der Waals surface area contributed by atoms with Crippen molar-refractivity contribution in [3.05, 3.63) is 0 Å². The molecule has 2 N–H and O–H groups in total. The number of rotatable bonds is 7. The predicted octanol–water partition coefficient (Wildman–Crippen LogP) is 13.8. The van der Waals surface area contributed by atoms with Crippen LogP contribution < -0.4 is 10.6 Å². The van der Waals surface area contributed by atoms with E-state index in [0.29, 0.717) is 45.8 Å². The molecule has 0 amide bonds. The Morgan fingerprint density at radius 2 is 0.683 bits per heavy atom. The Balaban J connectivity index is -0.000000110. The highest BCUT2D eigenvalue weighted by Gasteiger charge is 2.22. The first kappa shape index (κ1) is 74.1. The minimum Gasteiger partial charge on any atom is -0.310 e. The third kappa shape index (κ3) is 57.7. The Kier molecular flexibility index (Phi) is 40.0. The molecule has 0 atom stereocenters. The van der Waals surface area contributed by atoms with Gasteiger partial charge in [-0.15, -0.1) is 0 Å². The van der Waals surface area contributed by atoms with Gasteiger partial charge in [-0.3, -0.25) is 14.7 Å². The molecule has 0 unspecified atom stereocenters. The SMILES string of the molecule is CC(C)(C)NC(C)(C)C.CC(C)N(C)C(C)(C)C.CC(C)NC(C)(C)C.CCN(C(C)C)C(C)(C)C.CCN(C)C(C)(C)C.CCN(CC)C(C)(C)C.CN(C)C(C)(C)C. The van der Waals surface area contributed by atoms with Crippen molar-refractivity contribution < 1.29 is 0 Å². The standard InChI is InChI=1S/C9H21N.3C8H19N.2C7H17N.C6H15N/c1-7-10(8(2)3)9(4,5)6;1-7(2)9(6)8(3,4)5;1-7(2,3)9-8(4,5)6;1-6-9(7-2)8(3,4)5;1-6-8(5)7(2,3)4;1-6(2)8-7(3,4)5;1-6(2,3)7(4)5/h8H,7H2,1-6H3;7H,1-6H3;9H,1-6H3;6-7H2,1-5H3;6H2,1-5H3;6,8H,1-5H3;1-5H3. The van der Waals surface area contributed by atoms with Crippen LogP contribution in [0, 0.1) is 0 Å². The highest BCUT2D eigenvalue weighted by molar-refractivity contribution is 4.81. The molecule has 0 aliphatic rings. The van der Waals surface area contributed by atoms with Crippen molar-refractivity contribution in [2.24, 2.45) is 0 Å². The van der Waals surface area contributed by atoms with E-state index in [1.54, 1.807) is 0 Å². The second-order valence-corrected chi connectivity index (χ2v) is 25.7. The molecule has 0 saturated heterocycles. The van der Waals surface area contributed by atoms with Crippen LogP contribution >= 0.6 is 0 Å². The quantitative estimate of drug-likeness (QED) is 0.264. The van der Waals surface area contributed by atoms with Gasteiger partial charge in [-0.1, -0.05) is 41.5 Å². The Hall–Kier alpha value is -0.280. The van der Waals surface area contributed by atoms with E-state index in [1.807, 2.05) is 0 Å². The van der Waals surface area contributed by atoms with Gasteiger partial charge in [0.25, 0.3) is 0 Å². The van der Waals surface area contributed by atoms with Crippen LogP contribution in [0.1, 0.15) is 235 Å². The topological polar surface area (TPSA) is 40.3 Å². The summed E-state index contributed by atoms with van der Waals surface area (Å²) in [6.07, 6.45) is 0. The zero-order chi connectivity index (χ0) is 50.9. The van der Waals surface area contributed by atoms with E-state index < -0.39 is 0 Å². The lowest BCUT2D eigenvalue weighted by Gasteiger charge is -2.38. The average molecular weight is 863 g/mol. The fourth-order valence-electron chi connectivity index (χ4n) is 6.03. The van der Waals surface area contributed by atoms with Gasteiger partial charge < -0.3 is 20.4 Å². The molecule has 0 rings (SSSR count). The summed E-state index contributed by atoms with van der Waals surface area (Å²) in [4.78, 5) is 11.8. The lowest BCUT2D eigenvalue weighted by molar-refractivity contribution is 0.107. The molecule has 0 heterocycles. The molecule has 0 aromatic rings. The molecule has 0 saturated carbocycles. The summed E-state index contributed by atoms with van der Waals surface area (Å²) in [7, 11) is 8.46. The monoisotopic (exact) mass is 862 g/mol. The highest BCUT2D eigenvalue weighted by atomic mass is 15.2. The van der Waals surface area contributed by atoms with Crippen LogP contribution in [0.4, 0.5) is 0 Å². The van der Waals surface area contributed by atoms with Gasteiger partial charge in [-0.05, 0) is 248 Å². The van der Waals surface area contributed by atoms with Crippen LogP contribution in [0.5, 0.6) is 0 Å². The van der Waals surface area contributed by atoms with Gasteiger partial charge in [0.2, 0.25) is 0 Å². The average Bonchev–Trinajstić information content (AvgIpc) is 2.92. The lowest BCUT2D eigenvalue weighted by Crippen LogP contribution is -2.48. The molecule has 0 spiro atoms. The molecule has 374 valence electrons. The summed E-state index contributed by atoms with van der Waals surface area (Å²) in [5, 5.41) is 6.84. The van der Waals surface area contributed by atoms with Crippen molar-refractivity contribution in [2.75, 3.05) is 54.4 Å². The van der Waals surface area contributed by atoms with Crippen LogP contribution in [0.3, 0.4) is 0 Å².